The maximum Gasteiger partial charge on any atom is 0.146 e. The molecule has 0 amide bonds. The van der Waals surface area contributed by atoms with Crippen LogP contribution in [0, 0.1) is 0 Å². The van der Waals surface area contributed by atoms with Crippen LogP contribution in [0.3, 0.4) is 0 Å². The predicted molar refractivity (Wildman–Crippen MR) is 90.2 cm³/mol. The molecule has 3 rings (SSSR count). The van der Waals surface area contributed by atoms with Crippen molar-refractivity contribution >= 4 is 12.4 Å². The van der Waals surface area contributed by atoms with Crippen molar-refractivity contribution < 1.29 is 0 Å². The Hall–Kier alpha value is -0.915. The van der Waals surface area contributed by atoms with Gasteiger partial charge in [-0.2, -0.15) is 0 Å². The number of hydrogen-bond donors (Lipinski definition) is 0. The number of fused-ring (bicyclic) bond motifs is 2. The zero-order valence-electron chi connectivity index (χ0n) is 13.1. The monoisotopic (exact) mass is 269 g/mol. The van der Waals surface area contributed by atoms with Crippen molar-refractivity contribution in [1.82, 2.24) is 0 Å². The van der Waals surface area contributed by atoms with Gasteiger partial charge in [0, 0.05) is 19.8 Å². The van der Waals surface area contributed by atoms with Crippen molar-refractivity contribution in [3.63, 3.8) is 0 Å². The van der Waals surface area contributed by atoms with Gasteiger partial charge in [0.25, 0.3) is 0 Å². The Bertz CT molecular complexity index is 421. The molecule has 2 heterocycles. The van der Waals surface area contributed by atoms with Crippen molar-refractivity contribution in [2.45, 2.75) is 62.9 Å². The van der Waals surface area contributed by atoms with Crippen LogP contribution < -0.4 is 4.90 Å². The fourth-order valence-corrected chi connectivity index (χ4v) is 4.77. The molecular formula is C18H28BN. The van der Waals surface area contributed by atoms with Gasteiger partial charge in [0.1, 0.15) is 6.71 Å². The second-order valence-electron chi connectivity index (χ2n) is 7.11. The normalized spacial score (nSPS) is 25.6. The molecule has 108 valence electrons. The summed E-state index contributed by atoms with van der Waals surface area (Å²) in [5.41, 5.74) is 2.95. The van der Waals surface area contributed by atoms with Gasteiger partial charge in [-0.05, 0) is 18.1 Å². The summed E-state index contributed by atoms with van der Waals surface area (Å²) < 4.78 is 0. The highest BCUT2D eigenvalue weighted by Crippen LogP contribution is 2.48. The van der Waals surface area contributed by atoms with Crippen LogP contribution in [0.1, 0.15) is 44.1 Å². The largest absolute Gasteiger partial charge is 0.377 e. The van der Waals surface area contributed by atoms with Gasteiger partial charge < -0.3 is 4.90 Å². The molecule has 0 unspecified atom stereocenters. The molecule has 1 nitrogen and oxygen atoms in total. The summed E-state index contributed by atoms with van der Waals surface area (Å²) in [6.45, 7) is 1.02. The third kappa shape index (κ3) is 2.89. The number of para-hydroxylation sites is 1. The molecule has 0 radical (unpaired) electrons. The van der Waals surface area contributed by atoms with Crippen LogP contribution in [-0.4, -0.2) is 20.8 Å². The van der Waals surface area contributed by atoms with Crippen LogP contribution in [0.15, 0.2) is 24.3 Å². The van der Waals surface area contributed by atoms with Gasteiger partial charge in [-0.25, -0.2) is 0 Å². The molecule has 0 saturated carbocycles. The Kier molecular flexibility index (Phi) is 4.38. The molecule has 2 aliphatic heterocycles. The lowest BCUT2D eigenvalue weighted by atomic mass is 9.25. The molecule has 2 saturated heterocycles. The SMILES string of the molecule is CN(C)c1ccccc1CCB1C2CCCC1CCC2. The highest BCUT2D eigenvalue weighted by Gasteiger charge is 2.38. The first kappa shape index (κ1) is 14.0. The Morgan fingerprint density at radius 1 is 1.00 bits per heavy atom. The lowest BCUT2D eigenvalue weighted by Gasteiger charge is -2.40. The van der Waals surface area contributed by atoms with Crippen LogP contribution in [0.2, 0.25) is 18.0 Å². The summed E-state index contributed by atoms with van der Waals surface area (Å²) in [7, 11) is 4.32. The minimum absolute atomic E-state index is 1.02. The first-order valence-corrected chi connectivity index (χ1v) is 8.51. The summed E-state index contributed by atoms with van der Waals surface area (Å²) in [6.07, 6.45) is 11.7. The van der Waals surface area contributed by atoms with E-state index in [0.29, 0.717) is 0 Å². The Morgan fingerprint density at radius 2 is 1.60 bits per heavy atom. The van der Waals surface area contributed by atoms with Crippen LogP contribution in [-0.2, 0) is 6.42 Å². The number of rotatable bonds is 4. The third-order valence-electron chi connectivity index (χ3n) is 5.73. The maximum absolute atomic E-state index is 2.33. The number of benzene rings is 1. The van der Waals surface area contributed by atoms with E-state index in [-0.39, 0.29) is 0 Å². The Morgan fingerprint density at radius 3 is 2.20 bits per heavy atom. The van der Waals surface area contributed by atoms with Gasteiger partial charge in [0.2, 0.25) is 0 Å². The molecule has 0 aliphatic carbocycles. The molecule has 1 aromatic carbocycles. The molecule has 1 aromatic rings. The first-order valence-electron chi connectivity index (χ1n) is 8.51. The summed E-state index contributed by atoms with van der Waals surface area (Å²) in [4.78, 5) is 2.26. The number of hydrogen-bond acceptors (Lipinski definition) is 1. The van der Waals surface area contributed by atoms with E-state index in [0.717, 1.165) is 18.3 Å². The minimum Gasteiger partial charge on any atom is -0.377 e. The molecule has 0 spiro atoms. The van der Waals surface area contributed by atoms with Gasteiger partial charge in [-0.15, -0.1) is 0 Å². The number of nitrogens with zero attached hydrogens (tertiary/aromatic N) is 1. The van der Waals surface area contributed by atoms with Gasteiger partial charge in [-0.1, -0.05) is 74.7 Å². The van der Waals surface area contributed by atoms with Crippen molar-refractivity contribution in [3.05, 3.63) is 29.8 Å². The Balaban J connectivity index is 1.67. The third-order valence-corrected chi connectivity index (χ3v) is 5.73. The fourth-order valence-electron chi connectivity index (χ4n) is 4.77. The van der Waals surface area contributed by atoms with E-state index in [2.05, 4.69) is 43.3 Å². The highest BCUT2D eigenvalue weighted by molar-refractivity contribution is 6.62. The average molecular weight is 269 g/mol. The molecular weight excluding hydrogens is 241 g/mol. The second-order valence-corrected chi connectivity index (χ2v) is 7.11. The topological polar surface area (TPSA) is 3.24 Å². The van der Waals surface area contributed by atoms with E-state index in [9.17, 15) is 0 Å². The molecule has 20 heavy (non-hydrogen) atoms. The van der Waals surface area contributed by atoms with Crippen LogP contribution >= 0.6 is 0 Å². The molecule has 0 N–H and O–H groups in total. The summed E-state index contributed by atoms with van der Waals surface area (Å²) >= 11 is 0. The smallest absolute Gasteiger partial charge is 0.146 e. The average Bonchev–Trinajstić information content (AvgIpc) is 2.44. The van der Waals surface area contributed by atoms with Gasteiger partial charge >= 0.3 is 0 Å². The summed E-state index contributed by atoms with van der Waals surface area (Å²) in [5, 5.41) is 0. The summed E-state index contributed by atoms with van der Waals surface area (Å²) in [5.74, 6) is 2.10. The molecule has 2 aliphatic rings. The lowest BCUT2D eigenvalue weighted by molar-refractivity contribution is 0.441. The fraction of sp³-hybridized carbons (Fsp3) is 0.667. The number of anilines is 1. The van der Waals surface area contributed by atoms with E-state index < -0.39 is 0 Å². The zero-order valence-corrected chi connectivity index (χ0v) is 13.1. The van der Waals surface area contributed by atoms with Crippen molar-refractivity contribution in [1.29, 1.82) is 0 Å². The molecule has 2 fully saturated rings. The Labute approximate surface area is 124 Å². The van der Waals surface area contributed by atoms with E-state index in [1.54, 1.807) is 5.56 Å². The maximum atomic E-state index is 2.33. The van der Waals surface area contributed by atoms with E-state index in [1.165, 1.54) is 57.0 Å². The van der Waals surface area contributed by atoms with Gasteiger partial charge in [0.15, 0.2) is 0 Å². The van der Waals surface area contributed by atoms with Gasteiger partial charge in [-0.3, -0.25) is 0 Å². The molecule has 0 atom stereocenters. The first-order chi connectivity index (χ1) is 9.75. The predicted octanol–water partition coefficient (Wildman–Crippen LogP) is 4.90. The molecule has 2 bridgehead atoms. The summed E-state index contributed by atoms with van der Waals surface area (Å²) in [6, 6.07) is 8.95. The van der Waals surface area contributed by atoms with E-state index in [1.807, 2.05) is 0 Å². The van der Waals surface area contributed by atoms with Crippen molar-refractivity contribution in [3.8, 4) is 0 Å². The molecule has 2 heteroatoms. The standard InChI is InChI=1S/C18H28BN/c1-20(2)18-12-4-3-7-15(18)13-14-19-16-8-5-9-17(19)11-6-10-16/h3-4,7,12,16-17H,5-6,8-11,13-14H2,1-2H3. The number of aryl methyl sites for hydroxylation is 1. The quantitative estimate of drug-likeness (QED) is 0.703. The van der Waals surface area contributed by atoms with Crippen LogP contribution in [0.4, 0.5) is 5.69 Å². The van der Waals surface area contributed by atoms with Crippen molar-refractivity contribution in [2.75, 3.05) is 19.0 Å². The zero-order chi connectivity index (χ0) is 13.9. The highest BCUT2D eigenvalue weighted by atomic mass is 15.1. The van der Waals surface area contributed by atoms with Crippen molar-refractivity contribution in [2.24, 2.45) is 0 Å². The second kappa shape index (κ2) is 6.24. The minimum atomic E-state index is 1.02. The molecule has 0 aromatic heterocycles. The lowest BCUT2D eigenvalue weighted by Crippen LogP contribution is -2.34. The van der Waals surface area contributed by atoms with E-state index in [4.69, 9.17) is 0 Å². The van der Waals surface area contributed by atoms with Gasteiger partial charge in [0.05, 0.1) is 0 Å². The van der Waals surface area contributed by atoms with Crippen LogP contribution in [0.5, 0.6) is 0 Å². The van der Waals surface area contributed by atoms with E-state index >= 15 is 0 Å². The van der Waals surface area contributed by atoms with Crippen LogP contribution in [0.25, 0.3) is 0 Å².